The van der Waals surface area contributed by atoms with Gasteiger partial charge in [-0.05, 0) is 51.9 Å². The number of epoxide rings is 2. The first-order chi connectivity index (χ1) is 16.4. The number of ether oxygens (including phenoxy) is 4. The van der Waals surface area contributed by atoms with Crippen molar-refractivity contribution in [2.24, 2.45) is 17.8 Å². The Balaban J connectivity index is 1.20. The van der Waals surface area contributed by atoms with Gasteiger partial charge in [0.05, 0.1) is 25.2 Å². The van der Waals surface area contributed by atoms with E-state index in [2.05, 4.69) is 26.8 Å². The number of likely N-dealkylation sites (tertiary alicyclic amines) is 2. The summed E-state index contributed by atoms with van der Waals surface area (Å²) < 4.78 is 51.1. The Morgan fingerprint density at radius 3 is 2.40 bits per heavy atom. The molecule has 5 fully saturated rings. The third-order valence-corrected chi connectivity index (χ3v) is 8.81. The summed E-state index contributed by atoms with van der Waals surface area (Å²) in [5, 5.41) is 0. The Labute approximate surface area is 207 Å². The van der Waals surface area contributed by atoms with Crippen LogP contribution in [0.25, 0.3) is 0 Å². The molecule has 4 aliphatic heterocycles. The van der Waals surface area contributed by atoms with Crippen LogP contribution in [0.4, 0.5) is 13.6 Å². The highest BCUT2D eigenvalue weighted by atomic mass is 19.3. The van der Waals surface area contributed by atoms with Crippen LogP contribution in [-0.2, 0) is 18.9 Å². The number of rotatable bonds is 7. The number of halogens is 2. The van der Waals surface area contributed by atoms with Gasteiger partial charge in [0, 0.05) is 40.2 Å². The van der Waals surface area contributed by atoms with Gasteiger partial charge in [0.25, 0.3) is 5.92 Å². The molecule has 1 spiro atoms. The van der Waals surface area contributed by atoms with Crippen molar-refractivity contribution in [2.75, 3.05) is 46.4 Å². The molecule has 8 atom stereocenters. The zero-order valence-electron chi connectivity index (χ0n) is 21.6. The summed E-state index contributed by atoms with van der Waals surface area (Å²) in [6.45, 7) is 10.1. The monoisotopic (exact) mass is 498 g/mol. The van der Waals surface area contributed by atoms with Gasteiger partial charge < -0.3 is 23.8 Å². The Morgan fingerprint density at radius 2 is 1.86 bits per heavy atom. The minimum absolute atomic E-state index is 0.00987. The number of nitrogens with zero attached hydrogens (tertiary/aromatic N) is 2. The maximum absolute atomic E-state index is 13.4. The minimum Gasteiger partial charge on any atom is -0.443 e. The maximum atomic E-state index is 13.4. The van der Waals surface area contributed by atoms with Gasteiger partial charge in [-0.15, -0.1) is 0 Å². The van der Waals surface area contributed by atoms with Gasteiger partial charge in [-0.3, -0.25) is 4.90 Å². The molecular weight excluding hydrogens is 458 g/mol. The van der Waals surface area contributed by atoms with E-state index >= 15 is 0 Å². The Hall–Kier alpha value is -1.29. The number of fused-ring (bicyclic) bond motifs is 1. The Bertz CT molecular complexity index is 841. The lowest BCUT2D eigenvalue weighted by Crippen LogP contribution is -2.56. The molecule has 0 bridgehead atoms. The number of alkyl halides is 2. The van der Waals surface area contributed by atoms with Gasteiger partial charge in [0.1, 0.15) is 23.4 Å². The number of hydrogen-bond acceptors (Lipinski definition) is 6. The molecule has 5 aliphatic rings. The normalized spacial score (nSPS) is 42.8. The van der Waals surface area contributed by atoms with Crippen molar-refractivity contribution in [3.05, 3.63) is 11.6 Å². The van der Waals surface area contributed by atoms with E-state index in [0.717, 1.165) is 19.8 Å². The minimum atomic E-state index is -2.70. The summed E-state index contributed by atoms with van der Waals surface area (Å²) in [5.41, 5.74) is 0.637. The van der Waals surface area contributed by atoms with Gasteiger partial charge in [-0.25, -0.2) is 13.6 Å². The molecule has 0 aromatic rings. The molecule has 198 valence electrons. The molecular formula is C26H40F2N2O5. The van der Waals surface area contributed by atoms with Gasteiger partial charge in [0.2, 0.25) is 0 Å². The molecule has 1 unspecified atom stereocenters. The second-order valence-electron chi connectivity index (χ2n) is 12.0. The van der Waals surface area contributed by atoms with Crippen molar-refractivity contribution in [1.82, 2.24) is 9.80 Å². The smallest absolute Gasteiger partial charge is 0.410 e. The molecule has 5 rings (SSSR count). The highest BCUT2D eigenvalue weighted by Gasteiger charge is 2.72. The lowest BCUT2D eigenvalue weighted by atomic mass is 9.68. The average Bonchev–Trinajstić information content (AvgIpc) is 3.57. The highest BCUT2D eigenvalue weighted by Crippen LogP contribution is 2.59. The van der Waals surface area contributed by atoms with Gasteiger partial charge >= 0.3 is 6.09 Å². The second-order valence-corrected chi connectivity index (χ2v) is 12.0. The fraction of sp³-hybridized carbons (Fsp3) is 0.885. The number of methoxy groups -OCH3 is 1. The summed E-state index contributed by atoms with van der Waals surface area (Å²) in [6.07, 6.45) is 3.66. The zero-order valence-corrected chi connectivity index (χ0v) is 21.6. The molecule has 0 radical (unpaired) electrons. The van der Waals surface area contributed by atoms with E-state index in [1.54, 1.807) is 12.0 Å². The molecule has 0 aromatic heterocycles. The van der Waals surface area contributed by atoms with Crippen LogP contribution < -0.4 is 0 Å². The van der Waals surface area contributed by atoms with Gasteiger partial charge in [-0.1, -0.05) is 11.6 Å². The van der Waals surface area contributed by atoms with Gasteiger partial charge in [-0.2, -0.15) is 0 Å². The maximum Gasteiger partial charge on any atom is 0.410 e. The second kappa shape index (κ2) is 8.92. The number of carbonyl (C=O) groups excluding carboxylic acids is 1. The predicted octanol–water partition coefficient (Wildman–Crippen LogP) is 3.72. The van der Waals surface area contributed by atoms with Crippen LogP contribution >= 0.6 is 0 Å². The van der Waals surface area contributed by atoms with E-state index in [-0.39, 0.29) is 59.9 Å². The zero-order chi connectivity index (χ0) is 25.2. The van der Waals surface area contributed by atoms with Crippen LogP contribution in [0.1, 0.15) is 47.0 Å². The topological polar surface area (TPSA) is 67.1 Å². The third kappa shape index (κ3) is 4.98. The molecule has 1 amide bonds. The number of allylic oxidation sites excluding steroid dienone is 1. The quantitative estimate of drug-likeness (QED) is 0.394. The summed E-state index contributed by atoms with van der Waals surface area (Å²) in [5.74, 6) is -2.26. The molecule has 7 nitrogen and oxygen atoms in total. The van der Waals surface area contributed by atoms with Crippen LogP contribution in [0.5, 0.6) is 0 Å². The molecule has 4 heterocycles. The molecule has 35 heavy (non-hydrogen) atoms. The molecule has 1 saturated carbocycles. The fourth-order valence-corrected chi connectivity index (χ4v) is 7.04. The largest absolute Gasteiger partial charge is 0.443 e. The fourth-order valence-electron chi connectivity index (χ4n) is 7.04. The summed E-state index contributed by atoms with van der Waals surface area (Å²) in [4.78, 5) is 16.7. The van der Waals surface area contributed by atoms with E-state index in [4.69, 9.17) is 18.9 Å². The van der Waals surface area contributed by atoms with Crippen molar-refractivity contribution in [3.63, 3.8) is 0 Å². The van der Waals surface area contributed by atoms with Crippen molar-refractivity contribution < 1.29 is 32.5 Å². The summed E-state index contributed by atoms with van der Waals surface area (Å²) in [7, 11) is 1.68. The average molecular weight is 499 g/mol. The van der Waals surface area contributed by atoms with Crippen LogP contribution in [-0.4, -0.2) is 97.8 Å². The predicted molar refractivity (Wildman–Crippen MR) is 125 cm³/mol. The van der Waals surface area contributed by atoms with Crippen molar-refractivity contribution in [3.8, 4) is 0 Å². The molecule has 9 heteroatoms. The van der Waals surface area contributed by atoms with Crippen LogP contribution in [0.3, 0.4) is 0 Å². The molecule has 0 N–H and O–H groups in total. The van der Waals surface area contributed by atoms with Gasteiger partial charge in [0.15, 0.2) is 0 Å². The Morgan fingerprint density at radius 1 is 1.20 bits per heavy atom. The van der Waals surface area contributed by atoms with Crippen LogP contribution in [0.2, 0.25) is 0 Å². The number of hydrogen-bond donors (Lipinski definition) is 0. The van der Waals surface area contributed by atoms with E-state index in [9.17, 15) is 13.6 Å². The van der Waals surface area contributed by atoms with Crippen molar-refractivity contribution >= 4 is 6.09 Å². The highest BCUT2D eigenvalue weighted by molar-refractivity contribution is 5.68. The van der Waals surface area contributed by atoms with Crippen LogP contribution in [0, 0.1) is 17.8 Å². The third-order valence-electron chi connectivity index (χ3n) is 8.81. The van der Waals surface area contributed by atoms with E-state index < -0.39 is 5.92 Å². The van der Waals surface area contributed by atoms with Crippen molar-refractivity contribution in [2.45, 2.75) is 82.4 Å². The van der Waals surface area contributed by atoms with Crippen molar-refractivity contribution in [1.29, 1.82) is 0 Å². The Kier molecular flexibility index (Phi) is 6.47. The molecule has 1 aliphatic carbocycles. The van der Waals surface area contributed by atoms with Crippen LogP contribution in [0.15, 0.2) is 11.6 Å². The first-order valence-corrected chi connectivity index (χ1v) is 13.0. The molecule has 0 aromatic carbocycles. The lowest BCUT2D eigenvalue weighted by molar-refractivity contribution is -0.121. The summed E-state index contributed by atoms with van der Waals surface area (Å²) in [6, 6.07) is 0. The van der Waals surface area contributed by atoms with E-state index in [0.29, 0.717) is 39.2 Å². The standard InChI is InChI=1S/C26H40F2N2O5/c1-16(2)6-7-20-25(4,35-20)22-21(32-5)19(8-9-26(22)15-33-26)34-23(31)30-12-17-10-29(11-18(17)13-30)14-24(3,27)28/h6,17-22H,7-15H2,1-5H3/t17-,18+,19-,20-,21-,22?,25+,26+/m1/s1. The number of carbonyl (C=O) groups is 1. The van der Waals surface area contributed by atoms with E-state index in [1.807, 2.05) is 4.90 Å². The van der Waals surface area contributed by atoms with E-state index in [1.165, 1.54) is 5.57 Å². The lowest BCUT2D eigenvalue weighted by Gasteiger charge is -2.43. The SMILES string of the molecule is CO[C@H]1C([C@@]2(C)O[C@@H]2CC=C(C)C)[C@]2(CC[C@H]1OC(=O)N1C[C@H]3CN(CC(C)(F)F)C[C@H]3C1)CO2. The molecule has 4 saturated heterocycles. The first-order valence-electron chi connectivity index (χ1n) is 13.0. The summed E-state index contributed by atoms with van der Waals surface area (Å²) >= 11 is 0. The first kappa shape index (κ1) is 25.4. The number of amides is 1.